The molecule has 1 aliphatic rings. The Bertz CT molecular complexity index is 1180. The van der Waals surface area contributed by atoms with Gasteiger partial charge in [-0.05, 0) is 99.7 Å². The van der Waals surface area contributed by atoms with Crippen molar-refractivity contribution in [1.82, 2.24) is 15.2 Å². The number of allylic oxidation sites excluding steroid dienone is 6. The molecular formula is C35H51N3. The molecule has 3 heteroatoms. The Balaban J connectivity index is 0.00000247. The van der Waals surface area contributed by atoms with Gasteiger partial charge in [0.1, 0.15) is 0 Å². The maximum atomic E-state index is 4.11. The summed E-state index contributed by atoms with van der Waals surface area (Å²) in [7, 11) is 2.02. The summed E-state index contributed by atoms with van der Waals surface area (Å²) < 4.78 is 0. The Kier molecular flexibility index (Phi) is 12.2. The summed E-state index contributed by atoms with van der Waals surface area (Å²) in [6.45, 7) is 23.2. The van der Waals surface area contributed by atoms with Crippen LogP contribution in [0.1, 0.15) is 96.4 Å². The van der Waals surface area contributed by atoms with E-state index >= 15 is 0 Å². The molecule has 0 radical (unpaired) electrons. The number of H-pyrrole nitrogens is 1. The number of aromatic nitrogens is 1. The molecule has 1 aromatic carbocycles. The molecule has 0 saturated carbocycles. The number of hydrogen-bond acceptors (Lipinski definition) is 2. The topological polar surface area (TPSA) is 31.1 Å². The van der Waals surface area contributed by atoms with Crippen molar-refractivity contribution in [3.05, 3.63) is 76.7 Å². The van der Waals surface area contributed by atoms with Crippen LogP contribution in [-0.4, -0.2) is 36.6 Å². The predicted octanol–water partition coefficient (Wildman–Crippen LogP) is 8.80. The molecule has 206 valence electrons. The standard InChI is InChI=1S/C33H49N3.C2H2/c1-10-23(6)25(8)19-29(24(7)11-2)33-32(22(4)5)30-20-27(13-14-31(30)35-33)26-15-17-36(18-16-26)21-28(12-3)34-9;1-2/h11-14,19-20,22-23,26,34-35H,2,10,15-18,21H2,1,3-9H3;1-2H/b25-19-,28-12-,29-24+;. The van der Waals surface area contributed by atoms with E-state index in [-0.39, 0.29) is 0 Å². The summed E-state index contributed by atoms with van der Waals surface area (Å²) in [6, 6.07) is 7.17. The van der Waals surface area contributed by atoms with Gasteiger partial charge in [-0.25, -0.2) is 0 Å². The van der Waals surface area contributed by atoms with Gasteiger partial charge in [0, 0.05) is 35.8 Å². The highest BCUT2D eigenvalue weighted by Crippen LogP contribution is 2.38. The molecule has 0 aliphatic carbocycles. The molecule has 1 atom stereocenters. The molecule has 2 heterocycles. The number of piperidine rings is 1. The first kappa shape index (κ1) is 31.3. The number of fused-ring (bicyclic) bond motifs is 1. The molecule has 1 aliphatic heterocycles. The lowest BCUT2D eigenvalue weighted by Crippen LogP contribution is -2.36. The minimum atomic E-state index is 0.427. The first-order valence-electron chi connectivity index (χ1n) is 14.3. The number of likely N-dealkylation sites (tertiary alicyclic amines) is 1. The maximum absolute atomic E-state index is 4.11. The van der Waals surface area contributed by atoms with E-state index in [0.29, 0.717) is 17.8 Å². The van der Waals surface area contributed by atoms with E-state index in [1.165, 1.54) is 63.0 Å². The zero-order chi connectivity index (χ0) is 28.4. The molecule has 2 N–H and O–H groups in total. The average molecular weight is 514 g/mol. The van der Waals surface area contributed by atoms with Gasteiger partial charge in [-0.15, -0.1) is 12.8 Å². The van der Waals surface area contributed by atoms with Gasteiger partial charge in [0.15, 0.2) is 0 Å². The van der Waals surface area contributed by atoms with Crippen molar-refractivity contribution in [2.24, 2.45) is 5.92 Å². The SMILES string of the molecule is C#C.C=C/C(C)=C(\C=C(\C)C(C)CC)c1[nH]c2ccc(C3CCN(C/C(=C/C)NC)CC3)cc2c1C(C)C. The second-order valence-corrected chi connectivity index (χ2v) is 11.0. The first-order chi connectivity index (χ1) is 18.2. The molecule has 3 nitrogen and oxygen atoms in total. The highest BCUT2D eigenvalue weighted by atomic mass is 15.1. The second kappa shape index (κ2) is 14.8. The van der Waals surface area contributed by atoms with Crippen LogP contribution in [0.25, 0.3) is 16.5 Å². The first-order valence-corrected chi connectivity index (χ1v) is 14.3. The van der Waals surface area contributed by atoms with Crippen LogP contribution in [0.4, 0.5) is 0 Å². The second-order valence-electron chi connectivity index (χ2n) is 11.0. The normalized spacial score (nSPS) is 17.1. The lowest BCUT2D eigenvalue weighted by atomic mass is 9.87. The molecule has 2 aromatic rings. The van der Waals surface area contributed by atoms with Gasteiger partial charge in [-0.1, -0.05) is 64.1 Å². The van der Waals surface area contributed by atoms with Crippen LogP contribution < -0.4 is 5.32 Å². The highest BCUT2D eigenvalue weighted by Gasteiger charge is 2.23. The van der Waals surface area contributed by atoms with E-state index in [0.717, 1.165) is 26.1 Å². The molecule has 0 bridgehead atoms. The zero-order valence-corrected chi connectivity index (χ0v) is 25.2. The van der Waals surface area contributed by atoms with Crippen molar-refractivity contribution >= 4 is 16.5 Å². The molecule has 1 saturated heterocycles. The number of nitrogens with one attached hydrogen (secondary N) is 2. The number of likely N-dealkylation sites (N-methyl/N-ethyl adjacent to an activating group) is 1. The van der Waals surface area contributed by atoms with Crippen molar-refractivity contribution in [2.75, 3.05) is 26.7 Å². The third-order valence-electron chi connectivity index (χ3n) is 8.32. The molecule has 1 fully saturated rings. The van der Waals surface area contributed by atoms with Gasteiger partial charge in [-0.2, -0.15) is 0 Å². The summed E-state index contributed by atoms with van der Waals surface area (Å²) in [5.74, 6) is 1.63. The monoisotopic (exact) mass is 513 g/mol. The summed E-state index contributed by atoms with van der Waals surface area (Å²) in [5, 5.41) is 4.71. The fourth-order valence-corrected chi connectivity index (χ4v) is 5.46. The van der Waals surface area contributed by atoms with Gasteiger partial charge in [0.2, 0.25) is 0 Å². The minimum Gasteiger partial charge on any atom is -0.391 e. The van der Waals surface area contributed by atoms with Crippen LogP contribution >= 0.6 is 0 Å². The Hall–Kier alpha value is -2.96. The van der Waals surface area contributed by atoms with Crippen molar-refractivity contribution < 1.29 is 0 Å². The highest BCUT2D eigenvalue weighted by molar-refractivity contribution is 5.93. The summed E-state index contributed by atoms with van der Waals surface area (Å²) >= 11 is 0. The van der Waals surface area contributed by atoms with Crippen molar-refractivity contribution in [3.63, 3.8) is 0 Å². The van der Waals surface area contributed by atoms with Gasteiger partial charge in [0.25, 0.3) is 0 Å². The third-order valence-corrected chi connectivity index (χ3v) is 8.32. The summed E-state index contributed by atoms with van der Waals surface area (Å²) in [4.78, 5) is 6.40. The van der Waals surface area contributed by atoms with Gasteiger partial charge >= 0.3 is 0 Å². The fourth-order valence-electron chi connectivity index (χ4n) is 5.46. The van der Waals surface area contributed by atoms with E-state index in [2.05, 4.69) is 113 Å². The van der Waals surface area contributed by atoms with Crippen LogP contribution in [-0.2, 0) is 0 Å². The Morgan fingerprint density at radius 1 is 1.18 bits per heavy atom. The van der Waals surface area contributed by atoms with Crippen molar-refractivity contribution in [1.29, 1.82) is 0 Å². The molecule has 1 unspecified atom stereocenters. The minimum absolute atomic E-state index is 0.427. The maximum Gasteiger partial charge on any atom is 0.0502 e. The van der Waals surface area contributed by atoms with E-state index in [1.807, 2.05) is 13.1 Å². The van der Waals surface area contributed by atoms with E-state index in [9.17, 15) is 0 Å². The molecular weight excluding hydrogens is 462 g/mol. The number of aromatic amines is 1. The predicted molar refractivity (Wildman–Crippen MR) is 170 cm³/mol. The van der Waals surface area contributed by atoms with E-state index in [1.54, 1.807) is 0 Å². The number of benzene rings is 1. The quantitative estimate of drug-likeness (QED) is 0.246. The molecule has 3 rings (SSSR count). The Morgan fingerprint density at radius 3 is 2.37 bits per heavy atom. The largest absolute Gasteiger partial charge is 0.391 e. The van der Waals surface area contributed by atoms with Gasteiger partial charge in [0.05, 0.1) is 5.69 Å². The molecule has 38 heavy (non-hydrogen) atoms. The average Bonchev–Trinajstić information content (AvgIpc) is 3.33. The lowest BCUT2D eigenvalue weighted by molar-refractivity contribution is 0.225. The van der Waals surface area contributed by atoms with Crippen LogP contribution in [0, 0.1) is 18.8 Å². The molecule has 0 amide bonds. The van der Waals surface area contributed by atoms with Gasteiger partial charge in [-0.3, -0.25) is 4.90 Å². The number of hydrogen-bond donors (Lipinski definition) is 2. The fraction of sp³-hybridized carbons (Fsp3) is 0.486. The number of rotatable bonds is 10. The lowest BCUT2D eigenvalue weighted by Gasteiger charge is -2.32. The van der Waals surface area contributed by atoms with Crippen LogP contribution in [0.15, 0.2) is 59.8 Å². The van der Waals surface area contributed by atoms with E-state index in [4.69, 9.17) is 0 Å². The summed E-state index contributed by atoms with van der Waals surface area (Å²) in [5.41, 5.74) is 10.7. The van der Waals surface area contributed by atoms with Crippen LogP contribution in [0.2, 0.25) is 0 Å². The molecule has 1 aromatic heterocycles. The van der Waals surface area contributed by atoms with Gasteiger partial charge < -0.3 is 10.3 Å². The number of terminal acetylenes is 1. The molecule has 0 spiro atoms. The van der Waals surface area contributed by atoms with Crippen molar-refractivity contribution in [2.45, 2.75) is 79.6 Å². The zero-order valence-electron chi connectivity index (χ0n) is 25.2. The smallest absolute Gasteiger partial charge is 0.0502 e. The summed E-state index contributed by atoms with van der Waals surface area (Å²) in [6.07, 6.45) is 18.2. The Morgan fingerprint density at radius 2 is 1.84 bits per heavy atom. The van der Waals surface area contributed by atoms with Crippen LogP contribution in [0.3, 0.4) is 0 Å². The van der Waals surface area contributed by atoms with Crippen LogP contribution in [0.5, 0.6) is 0 Å². The van der Waals surface area contributed by atoms with E-state index < -0.39 is 0 Å². The third kappa shape index (κ3) is 7.33. The number of nitrogens with zero attached hydrogens (tertiary/aromatic N) is 1. The van der Waals surface area contributed by atoms with Crippen molar-refractivity contribution in [3.8, 4) is 12.8 Å². The Labute approximate surface area is 233 Å².